The molecule has 1 saturated carbocycles. The first-order chi connectivity index (χ1) is 9.20. The van der Waals surface area contributed by atoms with Crippen LogP contribution in [0.3, 0.4) is 0 Å². The highest BCUT2D eigenvalue weighted by molar-refractivity contribution is 5.68. The average Bonchev–Trinajstić information content (AvgIpc) is 3.07. The summed E-state index contributed by atoms with van der Waals surface area (Å²) in [4.78, 5) is 14.0. The summed E-state index contributed by atoms with van der Waals surface area (Å²) in [6.07, 6.45) is 4.68. The molecule has 2 fully saturated rings. The molecule has 0 aromatic rings. The molecule has 0 bridgehead atoms. The fourth-order valence-electron chi connectivity index (χ4n) is 2.79. The quantitative estimate of drug-likeness (QED) is 0.864. The lowest BCUT2D eigenvalue weighted by Crippen LogP contribution is -2.52. The second-order valence-electron chi connectivity index (χ2n) is 7.81. The molecule has 1 aliphatic carbocycles. The van der Waals surface area contributed by atoms with E-state index in [9.17, 15) is 4.79 Å². The number of nitrogens with one attached hydrogen (secondary N) is 1. The first kappa shape index (κ1) is 15.6. The fourth-order valence-corrected chi connectivity index (χ4v) is 2.79. The zero-order valence-electron chi connectivity index (χ0n) is 13.7. The van der Waals surface area contributed by atoms with Gasteiger partial charge in [-0.2, -0.15) is 0 Å². The Morgan fingerprint density at radius 2 is 2.05 bits per heavy atom. The van der Waals surface area contributed by atoms with Crippen molar-refractivity contribution in [3.8, 4) is 0 Å². The lowest BCUT2D eigenvalue weighted by molar-refractivity contribution is 0.0180. The van der Waals surface area contributed by atoms with Gasteiger partial charge in [0.05, 0.1) is 0 Å². The van der Waals surface area contributed by atoms with Crippen LogP contribution in [0.5, 0.6) is 0 Å². The smallest absolute Gasteiger partial charge is 0.410 e. The maximum Gasteiger partial charge on any atom is 0.410 e. The van der Waals surface area contributed by atoms with Gasteiger partial charge in [-0.25, -0.2) is 4.79 Å². The Morgan fingerprint density at radius 1 is 1.40 bits per heavy atom. The Labute approximate surface area is 123 Å². The molecule has 1 N–H and O–H groups in total. The van der Waals surface area contributed by atoms with E-state index in [0.29, 0.717) is 17.5 Å². The molecule has 2 rings (SSSR count). The van der Waals surface area contributed by atoms with Gasteiger partial charge < -0.3 is 15.0 Å². The van der Waals surface area contributed by atoms with Gasteiger partial charge in [0.2, 0.25) is 0 Å². The molecule has 1 heterocycles. The molecule has 4 nitrogen and oxygen atoms in total. The number of carbonyl (C=O) groups is 1. The highest BCUT2D eigenvalue weighted by Crippen LogP contribution is 2.48. The number of carbonyl (C=O) groups excluding carboxylic acids is 1. The van der Waals surface area contributed by atoms with Crippen molar-refractivity contribution in [2.24, 2.45) is 5.41 Å². The number of hydrogen-bond acceptors (Lipinski definition) is 3. The minimum atomic E-state index is -0.410. The summed E-state index contributed by atoms with van der Waals surface area (Å²) in [6, 6.07) is 0.940. The van der Waals surface area contributed by atoms with Crippen molar-refractivity contribution >= 4 is 6.09 Å². The van der Waals surface area contributed by atoms with Gasteiger partial charge in [-0.05, 0) is 58.8 Å². The van der Waals surface area contributed by atoms with E-state index in [2.05, 4.69) is 19.2 Å². The maximum atomic E-state index is 12.1. The highest BCUT2D eigenvalue weighted by Gasteiger charge is 2.43. The van der Waals surface area contributed by atoms with E-state index < -0.39 is 5.60 Å². The van der Waals surface area contributed by atoms with E-state index in [4.69, 9.17) is 4.74 Å². The summed E-state index contributed by atoms with van der Waals surface area (Å²) in [6.45, 7) is 12.0. The van der Waals surface area contributed by atoms with Crippen molar-refractivity contribution in [2.45, 2.75) is 78.0 Å². The normalized spacial score (nSPS) is 27.1. The van der Waals surface area contributed by atoms with Gasteiger partial charge in [0.1, 0.15) is 5.60 Å². The summed E-state index contributed by atoms with van der Waals surface area (Å²) in [5.41, 5.74) is 0.0699. The zero-order chi connectivity index (χ0) is 15.0. The molecule has 1 amide bonds. The lowest BCUT2D eigenvalue weighted by Gasteiger charge is -2.36. The van der Waals surface area contributed by atoms with Crippen molar-refractivity contribution in [3.05, 3.63) is 0 Å². The van der Waals surface area contributed by atoms with Crippen LogP contribution >= 0.6 is 0 Å². The second kappa shape index (κ2) is 5.55. The van der Waals surface area contributed by atoms with Gasteiger partial charge in [-0.15, -0.1) is 0 Å². The van der Waals surface area contributed by atoms with Gasteiger partial charge in [0.15, 0.2) is 0 Å². The van der Waals surface area contributed by atoms with Crippen LogP contribution in [-0.2, 0) is 4.74 Å². The van der Waals surface area contributed by atoms with Gasteiger partial charge >= 0.3 is 6.09 Å². The molecule has 1 saturated heterocycles. The Bertz CT molecular complexity index is 358. The van der Waals surface area contributed by atoms with Crippen LogP contribution in [-0.4, -0.2) is 41.8 Å². The van der Waals surface area contributed by atoms with Crippen LogP contribution in [0.2, 0.25) is 0 Å². The molecule has 2 unspecified atom stereocenters. The number of nitrogens with zero attached hydrogens (tertiary/aromatic N) is 1. The molecule has 0 aromatic heterocycles. The summed E-state index contributed by atoms with van der Waals surface area (Å²) >= 11 is 0. The van der Waals surface area contributed by atoms with Crippen molar-refractivity contribution in [2.75, 3.05) is 13.1 Å². The Kier molecular flexibility index (Phi) is 4.33. The molecule has 4 heteroatoms. The number of piperidine rings is 1. The fraction of sp³-hybridized carbons (Fsp3) is 0.938. The minimum absolute atomic E-state index is 0.172. The van der Waals surface area contributed by atoms with Crippen molar-refractivity contribution in [1.82, 2.24) is 10.2 Å². The lowest BCUT2D eigenvalue weighted by atomic mass is 9.97. The van der Waals surface area contributed by atoms with E-state index in [0.717, 1.165) is 25.9 Å². The van der Waals surface area contributed by atoms with Crippen LogP contribution in [0.25, 0.3) is 0 Å². The molecule has 20 heavy (non-hydrogen) atoms. The van der Waals surface area contributed by atoms with E-state index in [1.807, 2.05) is 25.7 Å². The molecular formula is C16H30N2O2. The molecule has 1 aliphatic heterocycles. The third-order valence-corrected chi connectivity index (χ3v) is 4.64. The standard InChI is InChI=1S/C16H30N2O2/c1-12(16(5)8-9-16)17-13-7-6-10-18(11-13)14(19)20-15(2,3)4/h12-13,17H,6-11H2,1-5H3. The van der Waals surface area contributed by atoms with Gasteiger partial charge in [0, 0.05) is 25.2 Å². The third kappa shape index (κ3) is 4.11. The van der Waals surface area contributed by atoms with E-state index in [1.54, 1.807) is 0 Å². The summed E-state index contributed by atoms with van der Waals surface area (Å²) < 4.78 is 5.47. The van der Waals surface area contributed by atoms with Gasteiger partial charge in [0.25, 0.3) is 0 Å². The predicted octanol–water partition coefficient (Wildman–Crippen LogP) is 3.16. The van der Waals surface area contributed by atoms with Crippen LogP contribution in [0.15, 0.2) is 0 Å². The topological polar surface area (TPSA) is 41.6 Å². The van der Waals surface area contributed by atoms with Crippen LogP contribution in [0.4, 0.5) is 4.79 Å². The Morgan fingerprint density at radius 3 is 2.60 bits per heavy atom. The zero-order valence-corrected chi connectivity index (χ0v) is 13.7. The van der Waals surface area contributed by atoms with E-state index in [1.165, 1.54) is 12.8 Å². The van der Waals surface area contributed by atoms with Gasteiger partial charge in [-0.3, -0.25) is 0 Å². The van der Waals surface area contributed by atoms with Gasteiger partial charge in [-0.1, -0.05) is 6.92 Å². The molecular weight excluding hydrogens is 252 g/mol. The monoisotopic (exact) mass is 282 g/mol. The summed E-state index contributed by atoms with van der Waals surface area (Å²) in [5.74, 6) is 0. The molecule has 2 atom stereocenters. The molecule has 116 valence electrons. The molecule has 2 aliphatic rings. The van der Waals surface area contributed by atoms with Crippen LogP contribution < -0.4 is 5.32 Å². The largest absolute Gasteiger partial charge is 0.444 e. The molecule has 0 radical (unpaired) electrons. The maximum absolute atomic E-state index is 12.1. The number of amides is 1. The van der Waals surface area contributed by atoms with Crippen LogP contribution in [0.1, 0.15) is 60.3 Å². The Hall–Kier alpha value is -0.770. The van der Waals surface area contributed by atoms with Crippen molar-refractivity contribution < 1.29 is 9.53 Å². The first-order valence-corrected chi connectivity index (χ1v) is 7.94. The number of likely N-dealkylation sites (tertiary alicyclic amines) is 1. The highest BCUT2D eigenvalue weighted by atomic mass is 16.6. The Balaban J connectivity index is 1.83. The van der Waals surface area contributed by atoms with Crippen molar-refractivity contribution in [3.63, 3.8) is 0 Å². The average molecular weight is 282 g/mol. The first-order valence-electron chi connectivity index (χ1n) is 7.94. The van der Waals surface area contributed by atoms with Crippen molar-refractivity contribution in [1.29, 1.82) is 0 Å². The minimum Gasteiger partial charge on any atom is -0.444 e. The molecule has 0 spiro atoms. The van der Waals surface area contributed by atoms with E-state index in [-0.39, 0.29) is 6.09 Å². The number of hydrogen-bond donors (Lipinski definition) is 1. The third-order valence-electron chi connectivity index (χ3n) is 4.64. The molecule has 0 aromatic carbocycles. The number of rotatable bonds is 3. The second-order valence-corrected chi connectivity index (χ2v) is 7.81. The summed E-state index contributed by atoms with van der Waals surface area (Å²) in [5, 5.41) is 3.72. The number of ether oxygens (including phenoxy) is 1. The summed E-state index contributed by atoms with van der Waals surface area (Å²) in [7, 11) is 0. The SMILES string of the molecule is CC(NC1CCCN(C(=O)OC(C)(C)C)C1)C1(C)CC1. The van der Waals surface area contributed by atoms with Crippen LogP contribution in [0, 0.1) is 5.41 Å². The van der Waals surface area contributed by atoms with E-state index >= 15 is 0 Å². The predicted molar refractivity (Wildman–Crippen MR) is 80.8 cm³/mol.